The van der Waals surface area contributed by atoms with Crippen molar-refractivity contribution in [1.82, 2.24) is 0 Å². The minimum Gasteiger partial charge on any atom is -0.497 e. The highest BCUT2D eigenvalue weighted by Gasteiger charge is 2.31. The first-order valence-electron chi connectivity index (χ1n) is 6.11. The Hall–Kier alpha value is -1.69. The molecule has 2 rings (SSSR count). The molecule has 1 aliphatic carbocycles. The SMILES string of the molecule is COc1cccc(NC2(C#N)CCCCC2)c1. The van der Waals surface area contributed by atoms with Gasteiger partial charge in [0.05, 0.1) is 13.2 Å². The zero-order chi connectivity index (χ0) is 12.1. The monoisotopic (exact) mass is 230 g/mol. The summed E-state index contributed by atoms with van der Waals surface area (Å²) >= 11 is 0. The van der Waals surface area contributed by atoms with Gasteiger partial charge in [-0.05, 0) is 25.0 Å². The number of rotatable bonds is 3. The molecule has 1 fully saturated rings. The minimum atomic E-state index is -0.384. The fourth-order valence-electron chi connectivity index (χ4n) is 2.40. The number of anilines is 1. The van der Waals surface area contributed by atoms with Crippen molar-refractivity contribution in [3.05, 3.63) is 24.3 Å². The second kappa shape index (κ2) is 5.09. The van der Waals surface area contributed by atoms with Crippen molar-refractivity contribution in [1.29, 1.82) is 5.26 Å². The van der Waals surface area contributed by atoms with E-state index in [0.717, 1.165) is 37.1 Å². The van der Waals surface area contributed by atoms with E-state index in [-0.39, 0.29) is 5.54 Å². The Morgan fingerprint density at radius 2 is 2.06 bits per heavy atom. The zero-order valence-corrected chi connectivity index (χ0v) is 10.2. The third kappa shape index (κ3) is 2.71. The second-order valence-electron chi connectivity index (χ2n) is 4.61. The molecule has 0 spiro atoms. The van der Waals surface area contributed by atoms with Gasteiger partial charge in [0.25, 0.3) is 0 Å². The minimum absolute atomic E-state index is 0.384. The third-order valence-corrected chi connectivity index (χ3v) is 3.37. The van der Waals surface area contributed by atoms with Crippen LogP contribution >= 0.6 is 0 Å². The summed E-state index contributed by atoms with van der Waals surface area (Å²) < 4.78 is 5.19. The third-order valence-electron chi connectivity index (χ3n) is 3.37. The maximum absolute atomic E-state index is 9.39. The van der Waals surface area contributed by atoms with Crippen molar-refractivity contribution < 1.29 is 4.74 Å². The summed E-state index contributed by atoms with van der Waals surface area (Å²) in [5.41, 5.74) is 0.581. The first-order chi connectivity index (χ1) is 8.28. The molecule has 0 radical (unpaired) electrons. The molecule has 0 atom stereocenters. The van der Waals surface area contributed by atoms with Gasteiger partial charge in [0, 0.05) is 11.8 Å². The highest BCUT2D eigenvalue weighted by atomic mass is 16.5. The lowest BCUT2D eigenvalue weighted by Gasteiger charge is -2.32. The number of nitrogens with one attached hydrogen (secondary N) is 1. The maximum atomic E-state index is 9.39. The Balaban J connectivity index is 2.15. The zero-order valence-electron chi connectivity index (χ0n) is 10.2. The van der Waals surface area contributed by atoms with Crippen LogP contribution in [0.3, 0.4) is 0 Å². The topological polar surface area (TPSA) is 45.0 Å². The molecule has 0 aromatic heterocycles. The molecule has 0 amide bonds. The van der Waals surface area contributed by atoms with Crippen LogP contribution in [0.5, 0.6) is 5.75 Å². The van der Waals surface area contributed by atoms with Crippen LogP contribution in [0.4, 0.5) is 5.69 Å². The summed E-state index contributed by atoms with van der Waals surface area (Å²) in [6.07, 6.45) is 5.36. The van der Waals surface area contributed by atoms with E-state index in [4.69, 9.17) is 4.74 Å². The Bertz CT molecular complexity index is 416. The molecule has 1 aromatic carbocycles. The Kier molecular flexibility index (Phi) is 3.53. The predicted molar refractivity (Wildman–Crippen MR) is 68.0 cm³/mol. The van der Waals surface area contributed by atoms with Crippen LogP contribution in [0.15, 0.2) is 24.3 Å². The average Bonchev–Trinajstić information content (AvgIpc) is 2.40. The van der Waals surface area contributed by atoms with E-state index in [9.17, 15) is 5.26 Å². The summed E-state index contributed by atoms with van der Waals surface area (Å²) in [5, 5.41) is 12.8. The highest BCUT2D eigenvalue weighted by molar-refractivity contribution is 5.51. The lowest BCUT2D eigenvalue weighted by molar-refractivity contribution is 0.392. The quantitative estimate of drug-likeness (QED) is 0.866. The van der Waals surface area contributed by atoms with E-state index < -0.39 is 0 Å². The van der Waals surface area contributed by atoms with Gasteiger partial charge in [-0.1, -0.05) is 25.3 Å². The van der Waals surface area contributed by atoms with Crippen molar-refractivity contribution >= 4 is 5.69 Å². The molecule has 90 valence electrons. The van der Waals surface area contributed by atoms with E-state index in [0.29, 0.717) is 0 Å². The summed E-state index contributed by atoms with van der Waals surface area (Å²) in [4.78, 5) is 0. The van der Waals surface area contributed by atoms with Gasteiger partial charge in [0.1, 0.15) is 11.3 Å². The van der Waals surface area contributed by atoms with Gasteiger partial charge < -0.3 is 10.1 Å². The first-order valence-corrected chi connectivity index (χ1v) is 6.11. The van der Waals surface area contributed by atoms with Gasteiger partial charge in [-0.2, -0.15) is 5.26 Å². The molecular weight excluding hydrogens is 212 g/mol. The summed E-state index contributed by atoms with van der Waals surface area (Å²) in [6, 6.07) is 10.2. The number of nitriles is 1. The van der Waals surface area contributed by atoms with E-state index in [2.05, 4.69) is 11.4 Å². The lowest BCUT2D eigenvalue weighted by Crippen LogP contribution is -2.38. The van der Waals surface area contributed by atoms with Gasteiger partial charge in [0.2, 0.25) is 0 Å². The molecule has 3 heteroatoms. The van der Waals surface area contributed by atoms with Crippen molar-refractivity contribution in [2.45, 2.75) is 37.6 Å². The number of hydrogen-bond donors (Lipinski definition) is 1. The standard InChI is InChI=1S/C14H18N2O/c1-17-13-7-5-6-12(10-13)16-14(11-15)8-3-2-4-9-14/h5-7,10,16H,2-4,8-9H2,1H3. The van der Waals surface area contributed by atoms with E-state index in [1.165, 1.54) is 6.42 Å². The molecule has 1 aliphatic rings. The fraction of sp³-hybridized carbons (Fsp3) is 0.500. The van der Waals surface area contributed by atoms with Crippen LogP contribution < -0.4 is 10.1 Å². The second-order valence-corrected chi connectivity index (χ2v) is 4.61. The normalized spacial score (nSPS) is 18.1. The van der Waals surface area contributed by atoms with Crippen molar-refractivity contribution in [3.63, 3.8) is 0 Å². The number of benzene rings is 1. The van der Waals surface area contributed by atoms with Crippen molar-refractivity contribution in [2.24, 2.45) is 0 Å². The van der Waals surface area contributed by atoms with Crippen molar-refractivity contribution in [3.8, 4) is 11.8 Å². The summed E-state index contributed by atoms with van der Waals surface area (Å²) in [6.45, 7) is 0. The molecule has 1 saturated carbocycles. The molecule has 17 heavy (non-hydrogen) atoms. The van der Waals surface area contributed by atoms with Crippen LogP contribution in [-0.2, 0) is 0 Å². The molecule has 0 bridgehead atoms. The number of ether oxygens (including phenoxy) is 1. The fourth-order valence-corrected chi connectivity index (χ4v) is 2.40. The molecule has 0 aliphatic heterocycles. The van der Waals surface area contributed by atoms with Crippen LogP contribution in [0, 0.1) is 11.3 Å². The average molecular weight is 230 g/mol. The molecular formula is C14H18N2O. The van der Waals surface area contributed by atoms with E-state index >= 15 is 0 Å². The van der Waals surface area contributed by atoms with E-state index in [1.807, 2.05) is 24.3 Å². The molecule has 1 aromatic rings. The number of hydrogen-bond acceptors (Lipinski definition) is 3. The molecule has 0 unspecified atom stereocenters. The van der Waals surface area contributed by atoms with Gasteiger partial charge in [0.15, 0.2) is 0 Å². The smallest absolute Gasteiger partial charge is 0.125 e. The number of nitrogens with zero attached hydrogens (tertiary/aromatic N) is 1. The summed E-state index contributed by atoms with van der Waals surface area (Å²) in [7, 11) is 1.65. The van der Waals surface area contributed by atoms with Crippen LogP contribution in [0.2, 0.25) is 0 Å². The number of methoxy groups -OCH3 is 1. The first kappa shape index (κ1) is 11.8. The van der Waals surface area contributed by atoms with Gasteiger partial charge in [-0.3, -0.25) is 0 Å². The van der Waals surface area contributed by atoms with Gasteiger partial charge in [-0.25, -0.2) is 0 Å². The lowest BCUT2D eigenvalue weighted by atomic mass is 9.82. The maximum Gasteiger partial charge on any atom is 0.125 e. The highest BCUT2D eigenvalue weighted by Crippen LogP contribution is 2.31. The van der Waals surface area contributed by atoms with Gasteiger partial charge in [-0.15, -0.1) is 0 Å². The Morgan fingerprint density at radius 1 is 1.29 bits per heavy atom. The van der Waals surface area contributed by atoms with Crippen molar-refractivity contribution in [2.75, 3.05) is 12.4 Å². The Labute approximate surface area is 102 Å². The largest absolute Gasteiger partial charge is 0.497 e. The molecule has 1 N–H and O–H groups in total. The predicted octanol–water partition coefficient (Wildman–Crippen LogP) is 3.33. The summed E-state index contributed by atoms with van der Waals surface area (Å²) in [5.74, 6) is 0.818. The Morgan fingerprint density at radius 3 is 2.71 bits per heavy atom. The van der Waals surface area contributed by atoms with Crippen LogP contribution in [-0.4, -0.2) is 12.6 Å². The van der Waals surface area contributed by atoms with Gasteiger partial charge >= 0.3 is 0 Å². The molecule has 0 heterocycles. The van der Waals surface area contributed by atoms with E-state index in [1.54, 1.807) is 7.11 Å². The molecule has 3 nitrogen and oxygen atoms in total. The van der Waals surface area contributed by atoms with Crippen LogP contribution in [0.1, 0.15) is 32.1 Å². The molecule has 0 saturated heterocycles. The van der Waals surface area contributed by atoms with Crippen LogP contribution in [0.25, 0.3) is 0 Å².